The lowest BCUT2D eigenvalue weighted by Crippen LogP contribution is -2.51. The van der Waals surface area contributed by atoms with Crippen molar-refractivity contribution in [2.45, 2.75) is 84.6 Å². The number of oxime groups is 1. The molecule has 3 saturated carbocycles. The van der Waals surface area contributed by atoms with Gasteiger partial charge in [0.25, 0.3) is 5.91 Å². The highest BCUT2D eigenvalue weighted by molar-refractivity contribution is 5.96. The summed E-state index contributed by atoms with van der Waals surface area (Å²) in [4.78, 5) is 46.4. The van der Waals surface area contributed by atoms with Crippen LogP contribution in [-0.2, 0) is 30.4 Å². The van der Waals surface area contributed by atoms with E-state index >= 15 is 0 Å². The highest BCUT2D eigenvalue weighted by atomic mass is 16.6. The fourth-order valence-electron chi connectivity index (χ4n) is 9.58. The number of rotatable bonds is 8. The molecule has 1 aromatic heterocycles. The number of ether oxygens (including phenoxy) is 1. The van der Waals surface area contributed by atoms with E-state index in [-0.39, 0.29) is 23.4 Å². The normalized spacial score (nSPS) is 33.1. The maximum absolute atomic E-state index is 12.8. The summed E-state index contributed by atoms with van der Waals surface area (Å²) < 4.78 is 4.96. The highest BCUT2D eigenvalue weighted by Crippen LogP contribution is 2.66. The van der Waals surface area contributed by atoms with E-state index in [2.05, 4.69) is 35.4 Å². The Balaban J connectivity index is 1.07. The molecule has 2 N–H and O–H groups in total. The molecule has 0 spiro atoms. The first-order chi connectivity index (χ1) is 20.6. The van der Waals surface area contributed by atoms with Gasteiger partial charge in [-0.3, -0.25) is 9.59 Å². The summed E-state index contributed by atoms with van der Waals surface area (Å²) in [5, 5.41) is 8.12. The van der Waals surface area contributed by atoms with E-state index in [1.54, 1.807) is 6.92 Å². The number of carbonyl (C=O) groups is 3. The van der Waals surface area contributed by atoms with Crippen LogP contribution in [0.1, 0.15) is 77.7 Å². The van der Waals surface area contributed by atoms with Crippen molar-refractivity contribution in [1.29, 1.82) is 0 Å². The van der Waals surface area contributed by atoms with Crippen molar-refractivity contribution in [3.63, 3.8) is 0 Å². The second kappa shape index (κ2) is 11.6. The Bertz CT molecular complexity index is 1470. The van der Waals surface area contributed by atoms with Crippen LogP contribution >= 0.6 is 0 Å². The van der Waals surface area contributed by atoms with Crippen LogP contribution in [0, 0.1) is 34.5 Å². The third-order valence-electron chi connectivity index (χ3n) is 11.8. The van der Waals surface area contributed by atoms with Crippen LogP contribution in [0.15, 0.2) is 47.3 Å². The zero-order valence-corrected chi connectivity index (χ0v) is 25.9. The van der Waals surface area contributed by atoms with Crippen molar-refractivity contribution in [3.8, 4) is 0 Å². The molecule has 8 nitrogen and oxygen atoms in total. The average molecular weight is 588 g/mol. The molecule has 1 amide bonds. The van der Waals surface area contributed by atoms with E-state index in [4.69, 9.17) is 9.57 Å². The van der Waals surface area contributed by atoms with Crippen molar-refractivity contribution in [2.24, 2.45) is 39.7 Å². The van der Waals surface area contributed by atoms with E-state index in [1.165, 1.54) is 31.9 Å². The van der Waals surface area contributed by atoms with Crippen LogP contribution in [0.2, 0.25) is 0 Å². The molecule has 0 saturated heterocycles. The molecule has 0 bridgehead atoms. The minimum Gasteiger partial charge on any atom is -0.467 e. The number of benzene rings is 1. The van der Waals surface area contributed by atoms with Crippen molar-refractivity contribution < 1.29 is 24.0 Å². The summed E-state index contributed by atoms with van der Waals surface area (Å²) in [6, 6.07) is 7.01. The molecule has 1 heterocycles. The first-order valence-corrected chi connectivity index (χ1v) is 16.0. The molecule has 230 valence electrons. The third kappa shape index (κ3) is 5.31. The first kappa shape index (κ1) is 29.6. The number of ketones is 1. The van der Waals surface area contributed by atoms with Crippen LogP contribution < -0.4 is 5.32 Å². The number of allylic oxidation sites excluding steroid dienone is 2. The highest BCUT2D eigenvalue weighted by Gasteiger charge is 2.59. The fourth-order valence-corrected chi connectivity index (χ4v) is 9.58. The van der Waals surface area contributed by atoms with Crippen LogP contribution in [0.5, 0.6) is 0 Å². The predicted octanol–water partition coefficient (Wildman–Crippen LogP) is 5.91. The number of amides is 1. The number of hydrogen-bond acceptors (Lipinski definition) is 6. The van der Waals surface area contributed by atoms with Crippen LogP contribution in [0.25, 0.3) is 10.9 Å². The Morgan fingerprint density at radius 1 is 1.07 bits per heavy atom. The van der Waals surface area contributed by atoms with Gasteiger partial charge in [0, 0.05) is 29.4 Å². The maximum atomic E-state index is 12.8. The minimum atomic E-state index is -0.830. The van der Waals surface area contributed by atoms with Crippen LogP contribution in [-0.4, -0.2) is 48.1 Å². The van der Waals surface area contributed by atoms with Gasteiger partial charge < -0.3 is 19.9 Å². The summed E-state index contributed by atoms with van der Waals surface area (Å²) in [5.41, 5.74) is 4.56. The molecule has 4 aliphatic rings. The van der Waals surface area contributed by atoms with Crippen LogP contribution in [0.3, 0.4) is 0 Å². The van der Waals surface area contributed by atoms with Crippen molar-refractivity contribution in [3.05, 3.63) is 47.7 Å². The summed E-state index contributed by atoms with van der Waals surface area (Å²) in [6.07, 6.45) is 13.1. The molecule has 0 aliphatic heterocycles. The standard InChI is InChI=1S/C35H45N3O5/c1-21(39)27-11-12-28-26-10-9-23-18-24(13-15-34(23,2)29(26)14-16-35(27,28)3)38-43-20-32(40)37-31(33(41)42-4)17-22-19-36-30-8-6-5-7-25(22)30/h5-8,18-19,26-29,31,36H,9-17,20H2,1-4H3,(H,37,40)/b38-24-/t26-,27+,28-,29-,31-,34-,35+/m0/s1. The molecule has 6 rings (SSSR count). The van der Waals surface area contributed by atoms with Gasteiger partial charge in [0.2, 0.25) is 0 Å². The number of aromatic nitrogens is 1. The largest absolute Gasteiger partial charge is 0.467 e. The molecule has 3 fully saturated rings. The Hall–Kier alpha value is -3.42. The zero-order chi connectivity index (χ0) is 30.4. The smallest absolute Gasteiger partial charge is 0.328 e. The molecule has 0 radical (unpaired) electrons. The number of hydrogen-bond donors (Lipinski definition) is 2. The Labute approximate surface area is 254 Å². The van der Waals surface area contributed by atoms with E-state index < -0.39 is 17.9 Å². The van der Waals surface area contributed by atoms with Gasteiger partial charge in [-0.25, -0.2) is 4.79 Å². The molecule has 43 heavy (non-hydrogen) atoms. The minimum absolute atomic E-state index is 0.158. The quantitative estimate of drug-likeness (QED) is 0.295. The lowest BCUT2D eigenvalue weighted by atomic mass is 9.46. The van der Waals surface area contributed by atoms with E-state index in [0.29, 0.717) is 30.0 Å². The Morgan fingerprint density at radius 2 is 1.88 bits per heavy atom. The maximum Gasteiger partial charge on any atom is 0.328 e. The molecule has 4 aliphatic carbocycles. The van der Waals surface area contributed by atoms with Gasteiger partial charge in [-0.15, -0.1) is 0 Å². The topological polar surface area (TPSA) is 110 Å². The summed E-state index contributed by atoms with van der Waals surface area (Å²) >= 11 is 0. The molecule has 7 atom stereocenters. The number of esters is 1. The van der Waals surface area contributed by atoms with Gasteiger partial charge in [0.05, 0.1) is 12.8 Å². The van der Waals surface area contributed by atoms with Crippen LogP contribution in [0.4, 0.5) is 0 Å². The average Bonchev–Trinajstić information content (AvgIpc) is 3.57. The Kier molecular flexibility index (Phi) is 7.99. The van der Waals surface area contributed by atoms with Gasteiger partial charge in [0.15, 0.2) is 6.61 Å². The first-order valence-electron chi connectivity index (χ1n) is 16.0. The van der Waals surface area contributed by atoms with Gasteiger partial charge in [0.1, 0.15) is 11.8 Å². The van der Waals surface area contributed by atoms with E-state index in [1.807, 2.05) is 30.5 Å². The van der Waals surface area contributed by atoms with E-state index in [0.717, 1.165) is 54.3 Å². The fraction of sp³-hybridized carbons (Fsp3) is 0.600. The number of nitrogens with zero attached hydrogens (tertiary/aromatic N) is 1. The lowest BCUT2D eigenvalue weighted by Gasteiger charge is -2.58. The number of fused-ring (bicyclic) bond motifs is 6. The predicted molar refractivity (Wildman–Crippen MR) is 165 cm³/mol. The molecular weight excluding hydrogens is 542 g/mol. The van der Waals surface area contributed by atoms with Gasteiger partial charge in [-0.2, -0.15) is 0 Å². The second-order valence-corrected chi connectivity index (χ2v) is 13.9. The molecule has 0 unspecified atom stereocenters. The Morgan fingerprint density at radius 3 is 2.67 bits per heavy atom. The van der Waals surface area contributed by atoms with Crippen molar-refractivity contribution in [2.75, 3.05) is 13.7 Å². The number of carbonyl (C=O) groups excluding carboxylic acids is 3. The summed E-state index contributed by atoms with van der Waals surface area (Å²) in [5.74, 6) is 1.69. The number of methoxy groups -OCH3 is 1. The van der Waals surface area contributed by atoms with Crippen molar-refractivity contribution in [1.82, 2.24) is 10.3 Å². The van der Waals surface area contributed by atoms with Gasteiger partial charge in [-0.05, 0) is 105 Å². The van der Waals surface area contributed by atoms with Gasteiger partial charge in [-0.1, -0.05) is 42.8 Å². The number of H-pyrrole nitrogens is 1. The van der Waals surface area contributed by atoms with Crippen molar-refractivity contribution >= 4 is 34.3 Å². The molecule has 1 aromatic carbocycles. The number of para-hydroxylation sites is 1. The SMILES string of the molecule is COC(=O)[C@H](Cc1c[nH]c2ccccc12)NC(=O)CO/N=C1\C=C2CC[C@H]3[C@@H]4CC[C@H](C(C)=O)[C@@]4(C)CC[C@@H]3[C@@]2(C)CC1. The monoisotopic (exact) mass is 587 g/mol. The second-order valence-electron chi connectivity index (χ2n) is 13.9. The summed E-state index contributed by atoms with van der Waals surface area (Å²) in [7, 11) is 1.32. The number of aromatic amines is 1. The molecule has 8 heteroatoms. The molecular formula is C35H45N3O5. The number of nitrogens with one attached hydrogen (secondary N) is 2. The number of Topliss-reactive ketones (excluding diaryl/α,β-unsaturated/α-hetero) is 1. The third-order valence-corrected chi connectivity index (χ3v) is 11.8. The molecule has 2 aromatic rings. The van der Waals surface area contributed by atoms with E-state index in [9.17, 15) is 14.4 Å². The lowest BCUT2D eigenvalue weighted by molar-refractivity contribution is -0.145. The zero-order valence-electron chi connectivity index (χ0n) is 25.9. The summed E-state index contributed by atoms with van der Waals surface area (Å²) in [6.45, 7) is 6.37. The van der Waals surface area contributed by atoms with Gasteiger partial charge >= 0.3 is 5.97 Å².